The van der Waals surface area contributed by atoms with Gasteiger partial charge in [0.2, 0.25) is 0 Å². The topological polar surface area (TPSA) is 19.6 Å². The van der Waals surface area contributed by atoms with E-state index in [0.717, 1.165) is 40.5 Å². The van der Waals surface area contributed by atoms with Crippen molar-refractivity contribution in [3.63, 3.8) is 0 Å². The summed E-state index contributed by atoms with van der Waals surface area (Å²) < 4.78 is 7.09. The van der Waals surface area contributed by atoms with Crippen LogP contribution in [0.25, 0.3) is 55.0 Å². The number of rotatable bonds is 9. The molecule has 9 aromatic rings. The monoisotopic (exact) mass is 748 g/mol. The Morgan fingerprint density at radius 1 is 0.500 bits per heavy atom. The number of anilines is 5. The number of unbranched alkanes of at least 4 members (excludes halogenated alkanes) is 2. The van der Waals surface area contributed by atoms with Gasteiger partial charge in [-0.25, -0.2) is 0 Å². The predicted molar refractivity (Wildman–Crippen MR) is 248 cm³/mol. The zero-order valence-electron chi connectivity index (χ0n) is 33.2. The van der Waals surface area contributed by atoms with E-state index >= 15 is 0 Å². The Bertz CT molecular complexity index is 3000. The standard InChI is InChI=1S/C54H45BN2O/c1-3-5-16-36-26-29-40(30-27-36)57-47-24-14-12-23-44(47)51-41-21-11-10-20-39(41)35-49-52(51)55(57)53-48(33-31-43-42-22-13-15-25-50(42)58-54(43)53)56(49)46-32-28-37(17-6-4-2)34-45(46)38-18-8-7-9-19-38/h7-15,18-35H,3-6,16-17H2,1-2H3. The molecule has 0 N–H and O–H groups in total. The first kappa shape index (κ1) is 34.7. The van der Waals surface area contributed by atoms with E-state index in [1.165, 1.54) is 104 Å². The summed E-state index contributed by atoms with van der Waals surface area (Å²) in [6.45, 7) is 4.38. The van der Waals surface area contributed by atoms with E-state index in [2.05, 4.69) is 187 Å². The van der Waals surface area contributed by atoms with Crippen LogP contribution in [-0.4, -0.2) is 6.85 Å². The number of fused-ring (bicyclic) bond motifs is 10. The number of hydrogen-bond donors (Lipinski definition) is 0. The van der Waals surface area contributed by atoms with E-state index in [1.807, 2.05) is 0 Å². The van der Waals surface area contributed by atoms with Crippen LogP contribution >= 0.6 is 0 Å². The van der Waals surface area contributed by atoms with E-state index in [9.17, 15) is 0 Å². The molecule has 0 saturated carbocycles. The maximum Gasteiger partial charge on any atom is 0.336 e. The lowest BCUT2D eigenvalue weighted by atomic mass is 9.43. The maximum absolute atomic E-state index is 7.09. The third-order valence-corrected chi connectivity index (χ3v) is 12.6. The molecule has 1 aromatic heterocycles. The average Bonchev–Trinajstić information content (AvgIpc) is 3.67. The van der Waals surface area contributed by atoms with Gasteiger partial charge in [0.1, 0.15) is 11.2 Å². The van der Waals surface area contributed by atoms with Crippen LogP contribution in [0.5, 0.6) is 0 Å². The molecule has 0 saturated heterocycles. The molecule has 11 rings (SSSR count). The van der Waals surface area contributed by atoms with Gasteiger partial charge in [-0.15, -0.1) is 0 Å². The largest absolute Gasteiger partial charge is 0.456 e. The van der Waals surface area contributed by atoms with Crippen molar-refractivity contribution in [2.75, 3.05) is 9.71 Å². The molecule has 58 heavy (non-hydrogen) atoms. The third kappa shape index (κ3) is 5.42. The fourth-order valence-electron chi connectivity index (χ4n) is 9.84. The molecule has 4 heteroatoms. The first-order valence-corrected chi connectivity index (χ1v) is 21.2. The molecule has 0 unspecified atom stereocenters. The third-order valence-electron chi connectivity index (χ3n) is 12.6. The Balaban J connectivity index is 1.28. The van der Waals surface area contributed by atoms with Gasteiger partial charge in [-0.2, -0.15) is 0 Å². The van der Waals surface area contributed by atoms with Crippen molar-refractivity contribution in [3.05, 3.63) is 175 Å². The first-order valence-electron chi connectivity index (χ1n) is 21.2. The van der Waals surface area contributed by atoms with Crippen LogP contribution in [0.2, 0.25) is 0 Å². The molecule has 2 aliphatic heterocycles. The van der Waals surface area contributed by atoms with E-state index in [0.29, 0.717) is 0 Å². The SMILES string of the molecule is CCCCc1ccc(N2B3c4c(cc5ccccc5c4-c4ccccc42)N(c2ccc(CCCC)cc2-c2ccccc2)c2ccc4c(oc5ccccc54)c23)cc1. The molecule has 0 amide bonds. The Labute approximate surface area is 341 Å². The van der Waals surface area contributed by atoms with Gasteiger partial charge >= 0.3 is 6.85 Å². The number of para-hydroxylation sites is 2. The molecule has 8 aromatic carbocycles. The van der Waals surface area contributed by atoms with Crippen LogP contribution in [0.3, 0.4) is 0 Å². The lowest BCUT2D eigenvalue weighted by Gasteiger charge is -2.46. The Hall–Kier alpha value is -6.52. The van der Waals surface area contributed by atoms with Gasteiger partial charge in [0.05, 0.1) is 5.69 Å². The van der Waals surface area contributed by atoms with Gasteiger partial charge in [0.25, 0.3) is 0 Å². The van der Waals surface area contributed by atoms with Crippen LogP contribution < -0.4 is 20.6 Å². The molecule has 3 nitrogen and oxygen atoms in total. The molecule has 280 valence electrons. The minimum atomic E-state index is -0.162. The smallest absolute Gasteiger partial charge is 0.336 e. The van der Waals surface area contributed by atoms with Gasteiger partial charge in [0, 0.05) is 50.1 Å². The Morgan fingerprint density at radius 2 is 1.19 bits per heavy atom. The van der Waals surface area contributed by atoms with Gasteiger partial charge in [-0.1, -0.05) is 136 Å². The van der Waals surface area contributed by atoms with E-state index in [-0.39, 0.29) is 6.85 Å². The second-order valence-corrected chi connectivity index (χ2v) is 16.1. The van der Waals surface area contributed by atoms with E-state index in [4.69, 9.17) is 4.42 Å². The molecular weight excluding hydrogens is 703 g/mol. The summed E-state index contributed by atoms with van der Waals surface area (Å²) in [5.41, 5.74) is 18.0. The highest BCUT2D eigenvalue weighted by atomic mass is 16.3. The minimum Gasteiger partial charge on any atom is -0.456 e. The molecule has 0 fully saturated rings. The average molecular weight is 749 g/mol. The summed E-state index contributed by atoms with van der Waals surface area (Å²) in [5.74, 6) is 0. The highest BCUT2D eigenvalue weighted by Gasteiger charge is 2.47. The molecule has 0 radical (unpaired) electrons. The van der Waals surface area contributed by atoms with Gasteiger partial charge in [-0.3, -0.25) is 0 Å². The predicted octanol–water partition coefficient (Wildman–Crippen LogP) is 13.8. The van der Waals surface area contributed by atoms with Crippen molar-refractivity contribution in [3.8, 4) is 22.3 Å². The molecule has 0 aliphatic carbocycles. The highest BCUT2D eigenvalue weighted by Crippen LogP contribution is 2.51. The zero-order chi connectivity index (χ0) is 38.7. The minimum absolute atomic E-state index is 0.162. The van der Waals surface area contributed by atoms with Crippen molar-refractivity contribution >= 4 is 78.9 Å². The summed E-state index contributed by atoms with van der Waals surface area (Å²) in [7, 11) is 0. The summed E-state index contributed by atoms with van der Waals surface area (Å²) in [4.78, 5) is 5.17. The number of furan rings is 1. The number of nitrogens with zero attached hydrogens (tertiary/aromatic N) is 2. The maximum atomic E-state index is 7.09. The normalized spacial score (nSPS) is 13.0. The molecule has 0 spiro atoms. The molecule has 0 bridgehead atoms. The number of benzene rings is 8. The molecular formula is C54H45BN2O. The summed E-state index contributed by atoms with van der Waals surface area (Å²) in [6, 6.07) is 61.2. The Morgan fingerprint density at radius 3 is 2.02 bits per heavy atom. The Kier molecular flexibility index (Phi) is 8.47. The second-order valence-electron chi connectivity index (χ2n) is 16.1. The lowest BCUT2D eigenvalue weighted by Crippen LogP contribution is -2.61. The van der Waals surface area contributed by atoms with Crippen molar-refractivity contribution in [2.45, 2.75) is 52.4 Å². The van der Waals surface area contributed by atoms with Gasteiger partial charge in [0.15, 0.2) is 0 Å². The summed E-state index contributed by atoms with van der Waals surface area (Å²) in [6.07, 6.45) is 6.86. The molecule has 2 aliphatic rings. The fraction of sp³-hybridized carbons (Fsp3) is 0.148. The van der Waals surface area contributed by atoms with Crippen LogP contribution in [-0.2, 0) is 12.8 Å². The quantitative estimate of drug-likeness (QED) is 0.137. The fourth-order valence-corrected chi connectivity index (χ4v) is 9.84. The summed E-state index contributed by atoms with van der Waals surface area (Å²) in [5, 5.41) is 4.79. The van der Waals surface area contributed by atoms with Crippen molar-refractivity contribution in [1.29, 1.82) is 0 Å². The number of aryl methyl sites for hydroxylation is 2. The van der Waals surface area contributed by atoms with E-state index in [1.54, 1.807) is 0 Å². The van der Waals surface area contributed by atoms with Gasteiger partial charge in [-0.05, 0) is 119 Å². The zero-order valence-corrected chi connectivity index (χ0v) is 33.2. The highest BCUT2D eigenvalue weighted by molar-refractivity contribution is 6.95. The second kappa shape index (κ2) is 14.1. The molecule has 3 heterocycles. The number of hydrogen-bond acceptors (Lipinski definition) is 3. The van der Waals surface area contributed by atoms with Crippen molar-refractivity contribution < 1.29 is 4.42 Å². The lowest BCUT2D eigenvalue weighted by molar-refractivity contribution is 0.671. The molecule has 0 atom stereocenters. The van der Waals surface area contributed by atoms with Crippen LogP contribution in [0.15, 0.2) is 168 Å². The van der Waals surface area contributed by atoms with Gasteiger partial charge < -0.3 is 14.1 Å². The van der Waals surface area contributed by atoms with Crippen molar-refractivity contribution in [2.24, 2.45) is 0 Å². The van der Waals surface area contributed by atoms with Crippen LogP contribution in [0, 0.1) is 0 Å². The van der Waals surface area contributed by atoms with Crippen molar-refractivity contribution in [1.82, 2.24) is 0 Å². The van der Waals surface area contributed by atoms with Crippen LogP contribution in [0.4, 0.5) is 28.4 Å². The first-order chi connectivity index (χ1) is 28.7. The van der Waals surface area contributed by atoms with Crippen LogP contribution in [0.1, 0.15) is 50.7 Å². The van der Waals surface area contributed by atoms with E-state index < -0.39 is 0 Å². The summed E-state index contributed by atoms with van der Waals surface area (Å²) >= 11 is 0.